The highest BCUT2D eigenvalue weighted by Crippen LogP contribution is 2.43. The third kappa shape index (κ3) is 6.36. The Hall–Kier alpha value is -1.54. The van der Waals surface area contributed by atoms with E-state index in [-0.39, 0.29) is 16.7 Å². The number of aromatic nitrogens is 2. The Kier molecular flexibility index (Phi) is 8.31. The molecule has 1 saturated heterocycles. The maximum atomic E-state index is 12.7. The molecule has 0 bridgehead atoms. The number of ether oxygens (including phenoxy) is 2. The van der Waals surface area contributed by atoms with Gasteiger partial charge < -0.3 is 18.3 Å². The van der Waals surface area contributed by atoms with Crippen molar-refractivity contribution in [2.75, 3.05) is 6.61 Å². The minimum absolute atomic E-state index is 0.0190. The van der Waals surface area contributed by atoms with Gasteiger partial charge in [-0.3, -0.25) is 19.1 Å². The summed E-state index contributed by atoms with van der Waals surface area (Å²) in [6.45, 7) is 22.7. The minimum atomic E-state index is -2.38. The maximum Gasteiger partial charge on any atom is 0.330 e. The van der Waals surface area contributed by atoms with Crippen LogP contribution in [0.4, 0.5) is 0 Å². The second-order valence-electron chi connectivity index (χ2n) is 12.1. The zero-order chi connectivity index (χ0) is 26.3. The number of carbonyl (C=O) groups excluding carboxylic acids is 1. The van der Waals surface area contributed by atoms with Crippen molar-refractivity contribution < 1.29 is 23.1 Å². The molecule has 1 fully saturated rings. The molecule has 1 aliphatic heterocycles. The Balaban J connectivity index is 2.52. The predicted molar refractivity (Wildman–Crippen MR) is 136 cm³/mol. The van der Waals surface area contributed by atoms with E-state index in [9.17, 15) is 14.4 Å². The number of H-pyrrole nitrogens is 1. The van der Waals surface area contributed by atoms with Gasteiger partial charge in [-0.15, -0.1) is 0 Å². The molecule has 1 aromatic rings. The second-order valence-corrected chi connectivity index (χ2v) is 21.6. The molecule has 2 heterocycles. The van der Waals surface area contributed by atoms with Crippen molar-refractivity contribution in [1.29, 1.82) is 0 Å². The molecule has 0 aromatic carbocycles. The summed E-state index contributed by atoms with van der Waals surface area (Å²) >= 11 is 0. The molecule has 2 unspecified atom stereocenters. The number of carbonyl (C=O) groups is 1. The van der Waals surface area contributed by atoms with Gasteiger partial charge in [-0.2, -0.15) is 0 Å². The first-order valence-electron chi connectivity index (χ1n) is 11.7. The van der Waals surface area contributed by atoms with Gasteiger partial charge in [0.1, 0.15) is 12.2 Å². The molecule has 0 radical (unpaired) electrons. The summed E-state index contributed by atoms with van der Waals surface area (Å²) < 4.78 is 26.5. The fraction of sp³-hybridized carbons (Fsp3) is 0.783. The first kappa shape index (κ1) is 28.7. The molecule has 2 rings (SSSR count). The van der Waals surface area contributed by atoms with Gasteiger partial charge in [-0.25, -0.2) is 4.79 Å². The Morgan fingerprint density at radius 1 is 1.03 bits per heavy atom. The Morgan fingerprint density at radius 2 is 1.59 bits per heavy atom. The number of hydrogen-bond acceptors (Lipinski definition) is 7. The average Bonchev–Trinajstić information content (AvgIpc) is 2.94. The number of aromatic amines is 1. The molecule has 34 heavy (non-hydrogen) atoms. The van der Waals surface area contributed by atoms with Crippen molar-refractivity contribution in [1.82, 2.24) is 9.55 Å². The topological polar surface area (TPSA) is 109 Å². The highest BCUT2D eigenvalue weighted by molar-refractivity contribution is 6.74. The van der Waals surface area contributed by atoms with Crippen molar-refractivity contribution in [3.63, 3.8) is 0 Å². The summed E-state index contributed by atoms with van der Waals surface area (Å²) in [5.41, 5.74) is -1.12. The lowest BCUT2D eigenvalue weighted by molar-refractivity contribution is -0.153. The van der Waals surface area contributed by atoms with Crippen molar-refractivity contribution >= 4 is 22.6 Å². The first-order chi connectivity index (χ1) is 15.3. The highest BCUT2D eigenvalue weighted by Gasteiger charge is 2.53. The van der Waals surface area contributed by atoms with E-state index in [0.29, 0.717) is 0 Å². The van der Waals surface area contributed by atoms with E-state index >= 15 is 0 Å². The van der Waals surface area contributed by atoms with E-state index in [4.69, 9.17) is 18.3 Å². The van der Waals surface area contributed by atoms with Crippen molar-refractivity contribution in [2.24, 2.45) is 0 Å². The zero-order valence-electron chi connectivity index (χ0n) is 22.5. The molecule has 0 spiro atoms. The molecule has 4 atom stereocenters. The lowest BCUT2D eigenvalue weighted by Crippen LogP contribution is -2.51. The van der Waals surface area contributed by atoms with Crippen LogP contribution in [0, 0.1) is 0 Å². The molecule has 1 aliphatic rings. The van der Waals surface area contributed by atoms with E-state index in [1.165, 1.54) is 23.8 Å². The van der Waals surface area contributed by atoms with E-state index in [0.717, 1.165) is 0 Å². The largest absolute Gasteiger partial charge is 0.457 e. The van der Waals surface area contributed by atoms with Crippen molar-refractivity contribution in [3.8, 4) is 0 Å². The van der Waals surface area contributed by atoms with Crippen molar-refractivity contribution in [3.05, 3.63) is 33.1 Å². The molecular weight excluding hydrogens is 472 g/mol. The van der Waals surface area contributed by atoms with Crippen LogP contribution in [0.25, 0.3) is 0 Å². The Bertz CT molecular complexity index is 989. The van der Waals surface area contributed by atoms with Gasteiger partial charge >= 0.3 is 11.7 Å². The van der Waals surface area contributed by atoms with E-state index in [1.807, 2.05) is 0 Å². The van der Waals surface area contributed by atoms with Crippen LogP contribution in [0.5, 0.6) is 0 Å². The fourth-order valence-electron chi connectivity index (χ4n) is 3.18. The maximum absolute atomic E-state index is 12.7. The molecule has 9 nitrogen and oxygen atoms in total. The van der Waals surface area contributed by atoms with Gasteiger partial charge in [0.2, 0.25) is 0 Å². The van der Waals surface area contributed by atoms with Crippen LogP contribution in [0.15, 0.2) is 21.9 Å². The lowest BCUT2D eigenvalue weighted by atomic mass is 10.1. The van der Waals surface area contributed by atoms with Gasteiger partial charge in [0.25, 0.3) is 5.56 Å². The quantitative estimate of drug-likeness (QED) is 0.436. The van der Waals surface area contributed by atoms with E-state index < -0.39 is 58.4 Å². The third-order valence-electron chi connectivity index (χ3n) is 7.36. The zero-order valence-corrected chi connectivity index (χ0v) is 24.5. The van der Waals surface area contributed by atoms with E-state index in [1.54, 1.807) is 0 Å². The predicted octanol–water partition coefficient (Wildman–Crippen LogP) is 3.78. The van der Waals surface area contributed by atoms with Crippen LogP contribution in [-0.2, 0) is 23.1 Å². The molecular formula is C23H42N2O7Si2. The summed E-state index contributed by atoms with van der Waals surface area (Å²) in [6.07, 6.45) is -1.68. The average molecular weight is 515 g/mol. The SMILES string of the molecule is CC(=O)OC1C(O[Si](C)(C)C(C)(C)C)[C@@H](n2ccc(=O)[nH]c2=O)O[C@H]1CO[Si](C)(C)C(C)(C)C. The smallest absolute Gasteiger partial charge is 0.330 e. The van der Waals surface area contributed by atoms with Crippen LogP contribution in [0.2, 0.25) is 36.3 Å². The van der Waals surface area contributed by atoms with Gasteiger partial charge in [-0.05, 0) is 36.3 Å². The number of nitrogens with one attached hydrogen (secondary N) is 1. The van der Waals surface area contributed by atoms with Crippen LogP contribution in [0.1, 0.15) is 54.7 Å². The fourth-order valence-corrected chi connectivity index (χ4v) is 5.48. The van der Waals surface area contributed by atoms with Crippen molar-refractivity contribution in [2.45, 2.75) is 109 Å². The summed E-state index contributed by atoms with van der Waals surface area (Å²) in [5.74, 6) is -0.468. The molecule has 0 saturated carbocycles. The van der Waals surface area contributed by atoms with Gasteiger partial charge in [0.15, 0.2) is 29.0 Å². The normalized spacial score (nSPS) is 24.3. The summed E-state index contributed by atoms with van der Waals surface area (Å²) in [7, 11) is -4.50. The standard InChI is InChI=1S/C23H42N2O7Si2/c1-15(26)30-18-16(14-29-33(8,9)22(2,3)4)31-20(25-13-12-17(27)24-21(25)28)19(18)32-34(10,11)23(5,6)7/h12-13,16,18-20H,14H2,1-11H3,(H,24,27,28)/t16-,18?,19?,20-/m0/s1. The van der Waals surface area contributed by atoms with Crippen LogP contribution < -0.4 is 11.2 Å². The number of esters is 1. The Morgan fingerprint density at radius 3 is 2.06 bits per heavy atom. The van der Waals surface area contributed by atoms with Gasteiger partial charge in [0.05, 0.1) is 6.61 Å². The second kappa shape index (κ2) is 9.84. The van der Waals surface area contributed by atoms with Crippen LogP contribution in [0.3, 0.4) is 0 Å². The highest BCUT2D eigenvalue weighted by atomic mass is 28.4. The summed E-state index contributed by atoms with van der Waals surface area (Å²) in [4.78, 5) is 38.7. The molecule has 0 aliphatic carbocycles. The monoisotopic (exact) mass is 514 g/mol. The van der Waals surface area contributed by atoms with Crippen LogP contribution >= 0.6 is 0 Å². The van der Waals surface area contributed by atoms with Crippen LogP contribution in [-0.4, -0.2) is 57.1 Å². The number of nitrogens with zero attached hydrogens (tertiary/aromatic N) is 1. The first-order valence-corrected chi connectivity index (χ1v) is 17.5. The third-order valence-corrected chi connectivity index (χ3v) is 16.3. The Labute approximate surface area is 204 Å². The van der Waals surface area contributed by atoms with E-state index in [2.05, 4.69) is 72.7 Å². The summed E-state index contributed by atoms with van der Waals surface area (Å²) in [6, 6.07) is 1.26. The molecule has 0 amide bonds. The van der Waals surface area contributed by atoms with Gasteiger partial charge in [-0.1, -0.05) is 41.5 Å². The van der Waals surface area contributed by atoms with Gasteiger partial charge in [0, 0.05) is 19.2 Å². The molecule has 1 aromatic heterocycles. The lowest BCUT2D eigenvalue weighted by Gasteiger charge is -2.40. The minimum Gasteiger partial charge on any atom is -0.457 e. The molecule has 11 heteroatoms. The molecule has 194 valence electrons. The summed E-state index contributed by atoms with van der Waals surface area (Å²) in [5, 5.41) is -0.154. The molecule has 1 N–H and O–H groups in total. The number of rotatable bonds is 7. The number of hydrogen-bond donors (Lipinski definition) is 1.